The zero-order chi connectivity index (χ0) is 10.3. The lowest BCUT2D eigenvalue weighted by molar-refractivity contribution is 0.511. The Morgan fingerprint density at radius 2 is 2.07 bits per heavy atom. The summed E-state index contributed by atoms with van der Waals surface area (Å²) in [7, 11) is 0. The Morgan fingerprint density at radius 1 is 1.43 bits per heavy atom. The maximum atomic E-state index is 13.7. The molecule has 2 heteroatoms. The second-order valence-corrected chi connectivity index (χ2v) is 4.43. The molecule has 0 aliphatic heterocycles. The van der Waals surface area contributed by atoms with Crippen LogP contribution in [0.4, 0.5) is 4.39 Å². The summed E-state index contributed by atoms with van der Waals surface area (Å²) in [6.07, 6.45) is 2.04. The van der Waals surface area contributed by atoms with Crippen molar-refractivity contribution in [1.82, 2.24) is 0 Å². The van der Waals surface area contributed by atoms with E-state index < -0.39 is 0 Å². The van der Waals surface area contributed by atoms with Crippen LogP contribution < -0.4 is 5.73 Å². The van der Waals surface area contributed by atoms with Crippen LogP contribution >= 0.6 is 0 Å². The molecular weight excluding hydrogens is 177 g/mol. The van der Waals surface area contributed by atoms with Crippen LogP contribution in [0.1, 0.15) is 30.9 Å². The highest BCUT2D eigenvalue weighted by atomic mass is 19.1. The van der Waals surface area contributed by atoms with Gasteiger partial charge in [0, 0.05) is 11.5 Å². The smallest absolute Gasteiger partial charge is 0.127 e. The first-order chi connectivity index (χ1) is 6.56. The van der Waals surface area contributed by atoms with Crippen molar-refractivity contribution < 1.29 is 4.39 Å². The number of hydrogen-bond donors (Lipinski definition) is 1. The Morgan fingerprint density at radius 3 is 2.50 bits per heavy atom. The van der Waals surface area contributed by atoms with Gasteiger partial charge in [-0.15, -0.1) is 0 Å². The quantitative estimate of drug-likeness (QED) is 0.767. The van der Waals surface area contributed by atoms with Crippen molar-refractivity contribution in [3.05, 3.63) is 35.1 Å². The molecule has 1 aliphatic rings. The summed E-state index contributed by atoms with van der Waals surface area (Å²) in [5.41, 5.74) is 7.60. The van der Waals surface area contributed by atoms with Gasteiger partial charge in [-0.3, -0.25) is 0 Å². The lowest BCUT2D eigenvalue weighted by Crippen LogP contribution is -2.32. The van der Waals surface area contributed by atoms with E-state index in [0.717, 1.165) is 24.0 Å². The molecule has 0 radical (unpaired) electrons. The molecule has 1 nitrogen and oxygen atoms in total. The average molecular weight is 193 g/mol. The van der Waals surface area contributed by atoms with Crippen LogP contribution in [0.3, 0.4) is 0 Å². The zero-order valence-corrected chi connectivity index (χ0v) is 8.68. The highest BCUT2D eigenvalue weighted by Crippen LogP contribution is 2.51. The molecular formula is C12H16FN. The van der Waals surface area contributed by atoms with Crippen LogP contribution in [0.5, 0.6) is 0 Å². The maximum absolute atomic E-state index is 13.7. The summed E-state index contributed by atoms with van der Waals surface area (Å²) >= 11 is 0. The molecule has 2 N–H and O–H groups in total. The summed E-state index contributed by atoms with van der Waals surface area (Å²) < 4.78 is 13.7. The van der Waals surface area contributed by atoms with Gasteiger partial charge >= 0.3 is 0 Å². The molecule has 0 saturated heterocycles. The number of rotatable bonds is 2. The fourth-order valence-corrected chi connectivity index (χ4v) is 2.13. The first kappa shape index (κ1) is 9.66. The molecule has 1 fully saturated rings. The van der Waals surface area contributed by atoms with E-state index in [4.69, 9.17) is 5.73 Å². The molecule has 76 valence electrons. The molecule has 1 unspecified atom stereocenters. The Bertz CT molecular complexity index is 353. The molecule has 1 atom stereocenters. The van der Waals surface area contributed by atoms with Crippen molar-refractivity contribution in [3.63, 3.8) is 0 Å². The van der Waals surface area contributed by atoms with Crippen molar-refractivity contribution >= 4 is 0 Å². The number of nitrogens with two attached hydrogens (primary N) is 1. The van der Waals surface area contributed by atoms with Crippen LogP contribution in [0.15, 0.2) is 18.2 Å². The summed E-state index contributed by atoms with van der Waals surface area (Å²) in [5, 5.41) is 0. The van der Waals surface area contributed by atoms with Crippen LogP contribution in [0.2, 0.25) is 0 Å². The van der Waals surface area contributed by atoms with E-state index >= 15 is 0 Å². The van der Waals surface area contributed by atoms with E-state index in [1.54, 1.807) is 6.07 Å². The van der Waals surface area contributed by atoms with Gasteiger partial charge in [0.2, 0.25) is 0 Å². The first-order valence-electron chi connectivity index (χ1n) is 5.08. The number of aryl methyl sites for hydroxylation is 1. The van der Waals surface area contributed by atoms with Gasteiger partial charge in [-0.2, -0.15) is 0 Å². The maximum Gasteiger partial charge on any atom is 0.127 e. The highest BCUT2D eigenvalue weighted by molar-refractivity contribution is 5.36. The van der Waals surface area contributed by atoms with E-state index in [1.807, 2.05) is 26.0 Å². The Balaban J connectivity index is 2.42. The minimum atomic E-state index is -0.0974. The number of halogens is 1. The Kier molecular flexibility index (Phi) is 2.11. The van der Waals surface area contributed by atoms with Gasteiger partial charge in [0.05, 0.1) is 0 Å². The summed E-state index contributed by atoms with van der Waals surface area (Å²) in [6, 6.07) is 5.49. The molecule has 1 aromatic carbocycles. The van der Waals surface area contributed by atoms with E-state index in [1.165, 1.54) is 0 Å². The van der Waals surface area contributed by atoms with Gasteiger partial charge in [0.25, 0.3) is 0 Å². The predicted molar refractivity (Wildman–Crippen MR) is 55.7 cm³/mol. The molecule has 1 aromatic rings. The van der Waals surface area contributed by atoms with E-state index in [9.17, 15) is 4.39 Å². The molecule has 1 saturated carbocycles. The molecule has 0 bridgehead atoms. The van der Waals surface area contributed by atoms with Crippen LogP contribution in [0, 0.1) is 12.7 Å². The third-order valence-electron chi connectivity index (χ3n) is 3.32. The molecule has 0 aromatic heterocycles. The van der Waals surface area contributed by atoms with Crippen LogP contribution in [-0.4, -0.2) is 6.04 Å². The zero-order valence-electron chi connectivity index (χ0n) is 8.68. The molecule has 2 rings (SSSR count). The minimum Gasteiger partial charge on any atom is -0.327 e. The van der Waals surface area contributed by atoms with Crippen molar-refractivity contribution in [3.8, 4) is 0 Å². The van der Waals surface area contributed by atoms with Crippen LogP contribution in [0.25, 0.3) is 0 Å². The van der Waals surface area contributed by atoms with Crippen molar-refractivity contribution in [2.45, 2.75) is 38.1 Å². The predicted octanol–water partition coefficient (Wildman–Crippen LogP) is 2.51. The minimum absolute atomic E-state index is 0.0414. The molecule has 0 heterocycles. The van der Waals surface area contributed by atoms with Crippen LogP contribution in [-0.2, 0) is 5.41 Å². The Hall–Kier alpha value is -0.890. The molecule has 0 spiro atoms. The second kappa shape index (κ2) is 3.06. The van der Waals surface area contributed by atoms with E-state index in [0.29, 0.717) is 0 Å². The summed E-state index contributed by atoms with van der Waals surface area (Å²) in [5.74, 6) is -0.0974. The largest absolute Gasteiger partial charge is 0.327 e. The van der Waals surface area contributed by atoms with Crippen molar-refractivity contribution in [2.24, 2.45) is 5.73 Å². The lowest BCUT2D eigenvalue weighted by Gasteiger charge is -2.20. The topological polar surface area (TPSA) is 26.0 Å². The average Bonchev–Trinajstić information content (AvgIpc) is 2.84. The lowest BCUT2D eigenvalue weighted by atomic mass is 9.88. The van der Waals surface area contributed by atoms with Gasteiger partial charge in [0.15, 0.2) is 0 Å². The molecule has 0 amide bonds. The van der Waals surface area contributed by atoms with Crippen molar-refractivity contribution in [1.29, 1.82) is 0 Å². The third kappa shape index (κ3) is 1.34. The Labute approximate surface area is 84.1 Å². The first-order valence-corrected chi connectivity index (χ1v) is 5.08. The fraction of sp³-hybridized carbons (Fsp3) is 0.500. The summed E-state index contributed by atoms with van der Waals surface area (Å²) in [4.78, 5) is 0. The second-order valence-electron chi connectivity index (χ2n) is 4.43. The highest BCUT2D eigenvalue weighted by Gasteiger charge is 2.48. The number of benzene rings is 1. The van der Waals surface area contributed by atoms with Gasteiger partial charge < -0.3 is 5.73 Å². The van der Waals surface area contributed by atoms with E-state index in [2.05, 4.69) is 0 Å². The third-order valence-corrected chi connectivity index (χ3v) is 3.32. The molecule has 14 heavy (non-hydrogen) atoms. The summed E-state index contributed by atoms with van der Waals surface area (Å²) in [6.45, 7) is 3.87. The van der Waals surface area contributed by atoms with Gasteiger partial charge in [-0.1, -0.05) is 12.1 Å². The standard InChI is InChI=1S/C12H16FN/c1-8-3-4-10(11(13)7-8)12(5-6-12)9(2)14/h3-4,7,9H,5-6,14H2,1-2H3. The normalized spacial score (nSPS) is 20.6. The van der Waals surface area contributed by atoms with E-state index in [-0.39, 0.29) is 17.3 Å². The fourth-order valence-electron chi connectivity index (χ4n) is 2.13. The monoisotopic (exact) mass is 193 g/mol. The van der Waals surface area contributed by atoms with Gasteiger partial charge in [0.1, 0.15) is 5.82 Å². The van der Waals surface area contributed by atoms with Gasteiger partial charge in [-0.05, 0) is 43.9 Å². The SMILES string of the molecule is Cc1ccc(C2(C(C)N)CC2)c(F)c1. The van der Waals surface area contributed by atoms with Gasteiger partial charge in [-0.25, -0.2) is 4.39 Å². The van der Waals surface area contributed by atoms with Crippen molar-refractivity contribution in [2.75, 3.05) is 0 Å². The molecule has 1 aliphatic carbocycles. The number of hydrogen-bond acceptors (Lipinski definition) is 1.